The van der Waals surface area contributed by atoms with E-state index >= 15 is 0 Å². The third-order valence-corrected chi connectivity index (χ3v) is 8.80. The number of carbonyl (C=O) groups is 1. The van der Waals surface area contributed by atoms with Crippen LogP contribution in [0.25, 0.3) is 27.8 Å². The average molecular weight is 731 g/mol. The fourth-order valence-electron chi connectivity index (χ4n) is 5.77. The number of carboxylic acids is 1. The maximum absolute atomic E-state index is 11.0. The Hall–Kier alpha value is -6.76. The molecule has 0 aliphatic heterocycles. The fraction of sp³-hybridized carbons (Fsp3) is 0.0426. The highest BCUT2D eigenvalue weighted by Crippen LogP contribution is 2.32. The molecular formula is C47H35ClO6. The quantitative estimate of drug-likeness (QED) is 0.112. The molecule has 266 valence electrons. The van der Waals surface area contributed by atoms with Crippen LogP contribution in [0.15, 0.2) is 188 Å². The summed E-state index contributed by atoms with van der Waals surface area (Å²) >= 11 is 5.71. The van der Waals surface area contributed by atoms with Crippen LogP contribution in [0, 0.1) is 0 Å². The van der Waals surface area contributed by atoms with Crippen LogP contribution in [0.1, 0.15) is 11.1 Å². The van der Waals surface area contributed by atoms with E-state index in [2.05, 4.69) is 78.9 Å². The van der Waals surface area contributed by atoms with Crippen LogP contribution >= 0.6 is 11.6 Å². The van der Waals surface area contributed by atoms with Gasteiger partial charge in [0.2, 0.25) is 0 Å². The lowest BCUT2D eigenvalue weighted by Gasteiger charge is -2.13. The molecule has 1 N–H and O–H groups in total. The number of rotatable bonds is 14. The summed E-state index contributed by atoms with van der Waals surface area (Å²) in [6.07, 6.45) is 2.05. The third-order valence-electron chi connectivity index (χ3n) is 8.52. The number of halogens is 1. The van der Waals surface area contributed by atoms with Gasteiger partial charge in [-0.25, -0.2) is 4.79 Å². The Bertz CT molecular complexity index is 2160. The molecule has 0 amide bonds. The summed E-state index contributed by atoms with van der Waals surface area (Å²) in [4.78, 5) is 11.0. The first-order chi connectivity index (χ1) is 26.5. The van der Waals surface area contributed by atoms with Crippen molar-refractivity contribution >= 4 is 23.1 Å². The number of alkyl halides is 1. The molecule has 0 aromatic heterocycles. The van der Waals surface area contributed by atoms with E-state index in [0.717, 1.165) is 62.0 Å². The Balaban J connectivity index is 1.09. The molecular weight excluding hydrogens is 696 g/mol. The Morgan fingerprint density at radius 1 is 0.481 bits per heavy atom. The smallest absolute Gasteiger partial charge is 0.360 e. The molecule has 0 heterocycles. The summed E-state index contributed by atoms with van der Waals surface area (Å²) in [5, 5.41) is 9.01. The largest absolute Gasteiger partial charge is 0.490 e. The lowest BCUT2D eigenvalue weighted by Crippen LogP contribution is -2.20. The van der Waals surface area contributed by atoms with Crippen LogP contribution in [0.2, 0.25) is 0 Å². The standard InChI is InChI=1S/C47H35ClO6/c48-46(47(49)50)54-44-29-27-39(28-30-44)51-32-31-45(37-15-11-33(12-16-37)35-19-23-42(24-20-35)52-40-7-3-1-4-8-40)38-17-13-34(14-18-38)36-21-25-43(26-22-36)53-41-9-5-2-6-10-41/h1-31,46H,32H2,(H,49,50). The Morgan fingerprint density at radius 3 is 1.24 bits per heavy atom. The number of benzene rings is 7. The van der Waals surface area contributed by atoms with Crippen molar-refractivity contribution in [3.8, 4) is 56.8 Å². The molecule has 0 aliphatic carbocycles. The van der Waals surface area contributed by atoms with Crippen LogP contribution < -0.4 is 18.9 Å². The SMILES string of the molecule is O=C(O)C(Cl)Oc1ccc(OCC=C(c2ccc(-c3ccc(Oc4ccccc4)cc3)cc2)c2ccc(-c3ccc(Oc4ccccc4)cc3)cc2)cc1. The van der Waals surface area contributed by atoms with E-state index in [1.165, 1.54) is 0 Å². The minimum atomic E-state index is -1.47. The second-order valence-electron chi connectivity index (χ2n) is 12.2. The highest BCUT2D eigenvalue weighted by Gasteiger charge is 2.15. The maximum Gasteiger partial charge on any atom is 0.360 e. The second kappa shape index (κ2) is 17.2. The molecule has 0 saturated heterocycles. The van der Waals surface area contributed by atoms with Crippen molar-refractivity contribution in [3.63, 3.8) is 0 Å². The van der Waals surface area contributed by atoms with Gasteiger partial charge in [-0.15, -0.1) is 0 Å². The maximum atomic E-state index is 11.0. The average Bonchev–Trinajstić information content (AvgIpc) is 3.22. The molecule has 7 aromatic carbocycles. The van der Waals surface area contributed by atoms with Gasteiger partial charge in [0, 0.05) is 0 Å². The molecule has 1 unspecified atom stereocenters. The molecule has 0 spiro atoms. The van der Waals surface area contributed by atoms with E-state index in [4.69, 9.17) is 35.7 Å². The van der Waals surface area contributed by atoms with Crippen molar-refractivity contribution in [3.05, 3.63) is 199 Å². The fourth-order valence-corrected chi connectivity index (χ4v) is 5.88. The lowest BCUT2D eigenvalue weighted by atomic mass is 9.94. The van der Waals surface area contributed by atoms with Crippen LogP contribution in [0.3, 0.4) is 0 Å². The minimum Gasteiger partial charge on any atom is -0.490 e. The van der Waals surface area contributed by atoms with Crippen molar-refractivity contribution in [2.45, 2.75) is 5.56 Å². The number of ether oxygens (including phenoxy) is 4. The molecule has 7 heteroatoms. The molecule has 54 heavy (non-hydrogen) atoms. The van der Waals surface area contributed by atoms with Gasteiger partial charge < -0.3 is 24.1 Å². The van der Waals surface area contributed by atoms with Gasteiger partial charge in [-0.2, -0.15) is 0 Å². The van der Waals surface area contributed by atoms with Crippen LogP contribution in [-0.4, -0.2) is 23.2 Å². The number of aliphatic carboxylic acids is 1. The van der Waals surface area contributed by atoms with E-state index in [0.29, 0.717) is 11.5 Å². The highest BCUT2D eigenvalue weighted by molar-refractivity contribution is 6.28. The molecule has 7 rings (SSSR count). The van der Waals surface area contributed by atoms with Crippen LogP contribution in [0.4, 0.5) is 0 Å². The molecule has 0 aliphatic rings. The lowest BCUT2D eigenvalue weighted by molar-refractivity contribution is -0.141. The summed E-state index contributed by atoms with van der Waals surface area (Å²) in [7, 11) is 0. The van der Waals surface area contributed by atoms with Crippen LogP contribution in [0.5, 0.6) is 34.5 Å². The Kier molecular flexibility index (Phi) is 11.3. The van der Waals surface area contributed by atoms with Crippen molar-refractivity contribution < 1.29 is 28.8 Å². The number of hydrogen-bond donors (Lipinski definition) is 1. The Labute approximate surface area is 319 Å². The zero-order chi connectivity index (χ0) is 37.1. The van der Waals surface area contributed by atoms with Crippen molar-refractivity contribution in [2.75, 3.05) is 6.61 Å². The topological polar surface area (TPSA) is 74.2 Å². The molecule has 0 radical (unpaired) electrons. The van der Waals surface area contributed by atoms with Crippen molar-refractivity contribution in [1.82, 2.24) is 0 Å². The van der Waals surface area contributed by atoms with Gasteiger partial charge in [0.1, 0.15) is 41.1 Å². The monoisotopic (exact) mass is 730 g/mol. The van der Waals surface area contributed by atoms with Gasteiger partial charge in [0.25, 0.3) is 5.56 Å². The summed E-state index contributed by atoms with van der Waals surface area (Å²) in [5.74, 6) is 2.82. The normalized spacial score (nSPS) is 11.2. The molecule has 0 fully saturated rings. The van der Waals surface area contributed by atoms with E-state index in [1.54, 1.807) is 24.3 Å². The van der Waals surface area contributed by atoms with Gasteiger partial charge in [-0.05, 0) is 118 Å². The molecule has 1 atom stereocenters. The van der Waals surface area contributed by atoms with Crippen molar-refractivity contribution in [2.24, 2.45) is 0 Å². The van der Waals surface area contributed by atoms with Gasteiger partial charge in [-0.3, -0.25) is 0 Å². The first kappa shape index (κ1) is 35.6. The predicted octanol–water partition coefficient (Wildman–Crippen LogP) is 12.1. The molecule has 0 saturated carbocycles. The zero-order valence-corrected chi connectivity index (χ0v) is 29.8. The van der Waals surface area contributed by atoms with Gasteiger partial charge in [-0.1, -0.05) is 121 Å². The van der Waals surface area contributed by atoms with Crippen LogP contribution in [-0.2, 0) is 4.79 Å². The summed E-state index contributed by atoms with van der Waals surface area (Å²) in [6.45, 7) is 0.290. The highest BCUT2D eigenvalue weighted by atomic mass is 35.5. The number of hydrogen-bond acceptors (Lipinski definition) is 5. The minimum absolute atomic E-state index is 0.290. The molecule has 7 aromatic rings. The van der Waals surface area contributed by atoms with E-state index in [-0.39, 0.29) is 6.61 Å². The summed E-state index contributed by atoms with van der Waals surface area (Å²) in [5.41, 5.74) is 5.94. The van der Waals surface area contributed by atoms with Crippen molar-refractivity contribution in [1.29, 1.82) is 0 Å². The predicted molar refractivity (Wildman–Crippen MR) is 214 cm³/mol. The summed E-state index contributed by atoms with van der Waals surface area (Å²) < 4.78 is 23.2. The second-order valence-corrected chi connectivity index (χ2v) is 12.6. The Morgan fingerprint density at radius 2 is 0.833 bits per heavy atom. The number of para-hydroxylation sites is 2. The summed E-state index contributed by atoms with van der Waals surface area (Å²) in [6, 6.07) is 59.2. The first-order valence-electron chi connectivity index (χ1n) is 17.3. The third kappa shape index (κ3) is 9.36. The first-order valence-corrected chi connectivity index (χ1v) is 17.7. The van der Waals surface area contributed by atoms with E-state index in [9.17, 15) is 4.79 Å². The molecule has 6 nitrogen and oxygen atoms in total. The van der Waals surface area contributed by atoms with E-state index < -0.39 is 11.5 Å². The van der Waals surface area contributed by atoms with E-state index in [1.807, 2.05) is 84.9 Å². The number of carboxylic acid groups (broad SMARTS) is 1. The van der Waals surface area contributed by atoms with Gasteiger partial charge >= 0.3 is 5.97 Å². The zero-order valence-electron chi connectivity index (χ0n) is 29.0. The van der Waals surface area contributed by atoms with Gasteiger partial charge in [0.05, 0.1) is 0 Å². The molecule has 0 bridgehead atoms. The van der Waals surface area contributed by atoms with Gasteiger partial charge in [0.15, 0.2) is 0 Å².